The predicted octanol–water partition coefficient (Wildman–Crippen LogP) is 3.55. The minimum absolute atomic E-state index is 0.0988. The van der Waals surface area contributed by atoms with Crippen molar-refractivity contribution in [3.05, 3.63) is 29.1 Å². The Morgan fingerprint density at radius 1 is 1.16 bits per heavy atom. The van der Waals surface area contributed by atoms with Crippen molar-refractivity contribution in [1.82, 2.24) is 0 Å². The van der Waals surface area contributed by atoms with Gasteiger partial charge in [-0.25, -0.2) is 4.39 Å². The van der Waals surface area contributed by atoms with E-state index in [1.54, 1.807) is 14.0 Å². The fourth-order valence-electron chi connectivity index (χ4n) is 3.02. The number of halogens is 1. The van der Waals surface area contributed by atoms with E-state index >= 15 is 0 Å². The van der Waals surface area contributed by atoms with Crippen molar-refractivity contribution < 1.29 is 23.2 Å². The molecule has 1 aliphatic rings. The van der Waals surface area contributed by atoms with Crippen LogP contribution < -0.4 is 5.46 Å². The van der Waals surface area contributed by atoms with Gasteiger partial charge in [-0.05, 0) is 64.2 Å². The molecule has 1 aliphatic heterocycles. The molecule has 6 heteroatoms. The van der Waals surface area contributed by atoms with Gasteiger partial charge in [0.05, 0.1) is 11.2 Å². The molecule has 0 aromatic heterocycles. The number of benzene rings is 1. The largest absolute Gasteiger partial charge is 0.495 e. The molecule has 2 unspecified atom stereocenters. The maximum atomic E-state index is 14.3. The summed E-state index contributed by atoms with van der Waals surface area (Å²) in [6, 6.07) is 3.35. The van der Waals surface area contributed by atoms with Crippen molar-refractivity contribution in [2.45, 2.75) is 71.9 Å². The normalized spacial score (nSPS) is 21.4. The molecule has 1 fully saturated rings. The highest BCUT2D eigenvalue weighted by Crippen LogP contribution is 2.37. The van der Waals surface area contributed by atoms with Gasteiger partial charge in [-0.15, -0.1) is 0 Å². The molecule has 0 amide bonds. The molecule has 0 spiro atoms. The lowest BCUT2D eigenvalue weighted by Gasteiger charge is -2.32. The zero-order chi connectivity index (χ0) is 19.0. The van der Waals surface area contributed by atoms with E-state index in [1.165, 1.54) is 6.07 Å². The third-order valence-corrected chi connectivity index (χ3v) is 5.33. The third kappa shape index (κ3) is 3.92. The summed E-state index contributed by atoms with van der Waals surface area (Å²) in [4.78, 5) is 0. The maximum absolute atomic E-state index is 14.3. The van der Waals surface area contributed by atoms with E-state index in [9.17, 15) is 4.39 Å². The van der Waals surface area contributed by atoms with Gasteiger partial charge in [0.2, 0.25) is 0 Å². The van der Waals surface area contributed by atoms with Crippen molar-refractivity contribution in [3.63, 3.8) is 0 Å². The zero-order valence-corrected chi connectivity index (χ0v) is 16.6. The summed E-state index contributed by atoms with van der Waals surface area (Å²) < 4.78 is 37.8. The SMILES string of the molecule is CCOC(OC)C(C)c1cc(C)c(F)cc1B1OC(C)(C)C(C)(C)O1. The summed E-state index contributed by atoms with van der Waals surface area (Å²) in [6.45, 7) is 14.2. The minimum atomic E-state index is -0.628. The molecule has 0 aliphatic carbocycles. The van der Waals surface area contributed by atoms with E-state index < -0.39 is 24.6 Å². The van der Waals surface area contributed by atoms with Crippen molar-refractivity contribution in [2.75, 3.05) is 13.7 Å². The second-order valence-electron chi connectivity index (χ2n) is 7.67. The van der Waals surface area contributed by atoms with Gasteiger partial charge in [-0.1, -0.05) is 13.0 Å². The lowest BCUT2D eigenvalue weighted by molar-refractivity contribution is -0.131. The summed E-state index contributed by atoms with van der Waals surface area (Å²) in [5.74, 6) is -0.371. The average Bonchev–Trinajstić information content (AvgIpc) is 2.74. The van der Waals surface area contributed by atoms with Gasteiger partial charge in [0.25, 0.3) is 0 Å². The molecule has 4 nitrogen and oxygen atoms in total. The summed E-state index contributed by atoms with van der Waals surface area (Å²) in [5, 5.41) is 0. The predicted molar refractivity (Wildman–Crippen MR) is 97.7 cm³/mol. The van der Waals surface area contributed by atoms with Crippen LogP contribution >= 0.6 is 0 Å². The Hall–Kier alpha value is -0.945. The Labute approximate surface area is 151 Å². The summed E-state index contributed by atoms with van der Waals surface area (Å²) in [7, 11) is 0.985. The quantitative estimate of drug-likeness (QED) is 0.580. The van der Waals surface area contributed by atoms with Crippen LogP contribution in [0.3, 0.4) is 0 Å². The molecule has 2 rings (SSSR count). The zero-order valence-electron chi connectivity index (χ0n) is 16.6. The van der Waals surface area contributed by atoms with Gasteiger partial charge < -0.3 is 18.8 Å². The molecular formula is C19H30BFO4. The minimum Gasteiger partial charge on any atom is -0.399 e. The Morgan fingerprint density at radius 2 is 1.72 bits per heavy atom. The van der Waals surface area contributed by atoms with E-state index in [-0.39, 0.29) is 11.7 Å². The molecule has 1 aromatic carbocycles. The van der Waals surface area contributed by atoms with Crippen molar-refractivity contribution in [2.24, 2.45) is 0 Å². The van der Waals surface area contributed by atoms with Crippen LogP contribution in [0.5, 0.6) is 0 Å². The van der Waals surface area contributed by atoms with Gasteiger partial charge >= 0.3 is 7.12 Å². The highest BCUT2D eigenvalue weighted by Gasteiger charge is 2.52. The average molecular weight is 352 g/mol. The van der Waals surface area contributed by atoms with Gasteiger partial charge in [0.1, 0.15) is 5.82 Å². The Morgan fingerprint density at radius 3 is 2.20 bits per heavy atom. The van der Waals surface area contributed by atoms with Crippen LogP contribution in [0.4, 0.5) is 4.39 Å². The second-order valence-corrected chi connectivity index (χ2v) is 7.67. The number of hydrogen-bond acceptors (Lipinski definition) is 4. The Balaban J connectivity index is 2.46. The highest BCUT2D eigenvalue weighted by molar-refractivity contribution is 6.62. The highest BCUT2D eigenvalue weighted by atomic mass is 19.1. The van der Waals surface area contributed by atoms with Gasteiger partial charge in [-0.3, -0.25) is 0 Å². The number of hydrogen-bond donors (Lipinski definition) is 0. The number of aryl methyl sites for hydroxylation is 1. The van der Waals surface area contributed by atoms with Crippen LogP contribution in [0.25, 0.3) is 0 Å². The van der Waals surface area contributed by atoms with Gasteiger partial charge in [0.15, 0.2) is 6.29 Å². The Kier molecular flexibility index (Phi) is 5.99. The van der Waals surface area contributed by atoms with Crippen LogP contribution in [0.15, 0.2) is 12.1 Å². The summed E-state index contributed by atoms with van der Waals surface area (Å²) in [5.41, 5.74) is 1.21. The van der Waals surface area contributed by atoms with E-state index in [2.05, 4.69) is 0 Å². The molecular weight excluding hydrogens is 322 g/mol. The first kappa shape index (κ1) is 20.4. The van der Waals surface area contributed by atoms with Crippen LogP contribution in [0, 0.1) is 12.7 Å². The summed E-state index contributed by atoms with van der Waals surface area (Å²) in [6.07, 6.45) is -0.420. The fraction of sp³-hybridized carbons (Fsp3) is 0.684. The van der Waals surface area contributed by atoms with Crippen LogP contribution in [-0.4, -0.2) is 38.3 Å². The van der Waals surface area contributed by atoms with Crippen LogP contribution in [0.2, 0.25) is 0 Å². The second kappa shape index (κ2) is 7.35. The van der Waals surface area contributed by atoms with Crippen LogP contribution in [0.1, 0.15) is 58.6 Å². The Bertz CT molecular complexity index is 602. The molecule has 0 radical (unpaired) electrons. The molecule has 140 valence electrons. The van der Waals surface area contributed by atoms with E-state index in [0.717, 1.165) is 5.56 Å². The standard InChI is InChI=1S/C19H30BFO4/c1-9-23-17(22-8)13(3)14-10-12(2)16(21)11-15(14)20-24-18(4,5)19(6,7)25-20/h10-11,13,17H,9H2,1-8H3. The van der Waals surface area contributed by atoms with E-state index in [1.807, 2.05) is 47.6 Å². The number of rotatable bonds is 6. The topological polar surface area (TPSA) is 36.9 Å². The van der Waals surface area contributed by atoms with Crippen molar-refractivity contribution in [3.8, 4) is 0 Å². The molecule has 0 saturated carbocycles. The number of methoxy groups -OCH3 is 1. The molecule has 25 heavy (non-hydrogen) atoms. The molecule has 0 N–H and O–H groups in total. The lowest BCUT2D eigenvalue weighted by atomic mass is 9.72. The summed E-state index contributed by atoms with van der Waals surface area (Å²) >= 11 is 0. The van der Waals surface area contributed by atoms with Crippen molar-refractivity contribution >= 4 is 12.6 Å². The number of ether oxygens (including phenoxy) is 2. The first-order valence-corrected chi connectivity index (χ1v) is 8.84. The first-order chi connectivity index (χ1) is 11.5. The fourth-order valence-corrected chi connectivity index (χ4v) is 3.02. The molecule has 0 bridgehead atoms. The van der Waals surface area contributed by atoms with E-state index in [0.29, 0.717) is 17.6 Å². The van der Waals surface area contributed by atoms with Crippen molar-refractivity contribution in [1.29, 1.82) is 0 Å². The molecule has 2 atom stereocenters. The van der Waals surface area contributed by atoms with Gasteiger partial charge in [-0.2, -0.15) is 0 Å². The molecule has 1 saturated heterocycles. The van der Waals surface area contributed by atoms with Gasteiger partial charge in [0, 0.05) is 19.6 Å². The molecule has 1 heterocycles. The third-order valence-electron chi connectivity index (χ3n) is 5.33. The molecule has 1 aromatic rings. The van der Waals surface area contributed by atoms with E-state index in [4.69, 9.17) is 18.8 Å². The smallest absolute Gasteiger partial charge is 0.399 e. The monoisotopic (exact) mass is 352 g/mol. The van der Waals surface area contributed by atoms with Crippen LogP contribution in [-0.2, 0) is 18.8 Å². The maximum Gasteiger partial charge on any atom is 0.495 e. The lowest BCUT2D eigenvalue weighted by Crippen LogP contribution is -2.41. The first-order valence-electron chi connectivity index (χ1n) is 8.84.